The van der Waals surface area contributed by atoms with Crippen LogP contribution in [-0.4, -0.2) is 28.3 Å². The van der Waals surface area contributed by atoms with Gasteiger partial charge in [0.15, 0.2) is 0 Å². The van der Waals surface area contributed by atoms with Crippen molar-refractivity contribution in [2.24, 2.45) is 0 Å². The lowest BCUT2D eigenvalue weighted by atomic mass is 10.2. The van der Waals surface area contributed by atoms with E-state index >= 15 is 0 Å². The highest BCUT2D eigenvalue weighted by Gasteiger charge is 2.30. The summed E-state index contributed by atoms with van der Waals surface area (Å²) in [7, 11) is 0. The predicted molar refractivity (Wildman–Crippen MR) is 96.6 cm³/mol. The van der Waals surface area contributed by atoms with E-state index in [2.05, 4.69) is 5.32 Å². The molecule has 1 amide bonds. The number of carbonyl (C=O) groups is 1. The number of hydrogen-bond donors (Lipinski definition) is 1. The van der Waals surface area contributed by atoms with Gasteiger partial charge in [0, 0.05) is 24.3 Å². The molecule has 0 unspecified atom stereocenters. The lowest BCUT2D eigenvalue weighted by Gasteiger charge is -2.21. The Labute approximate surface area is 154 Å². The predicted octanol–water partition coefficient (Wildman–Crippen LogP) is 3.99. The molecule has 0 heterocycles. The first-order chi connectivity index (χ1) is 12.4. The molecule has 0 atom stereocenters. The second-order valence-electron chi connectivity index (χ2n) is 6.23. The largest absolute Gasteiger partial charge is 0.325 e. The zero-order chi connectivity index (χ0) is 18.7. The van der Waals surface area contributed by atoms with Gasteiger partial charge >= 0.3 is 0 Å². The average Bonchev–Trinajstić information content (AvgIpc) is 3.43. The van der Waals surface area contributed by atoms with E-state index in [1.54, 1.807) is 12.1 Å². The summed E-state index contributed by atoms with van der Waals surface area (Å²) < 4.78 is 13.0. The standard InChI is InChI=1S/C18H17ClFN3O3/c19-16-8-5-14(9-17(16)23(25)26)21-18(24)11-22(15-6-7-15)10-12-1-3-13(20)4-2-12/h1-5,8-9,15H,6-7,10-11H2,(H,21,24). The highest BCUT2D eigenvalue weighted by molar-refractivity contribution is 6.32. The quantitative estimate of drug-likeness (QED) is 0.584. The van der Waals surface area contributed by atoms with Gasteiger partial charge in [-0.05, 0) is 42.7 Å². The Bertz CT molecular complexity index is 825. The average molecular weight is 378 g/mol. The second kappa shape index (κ2) is 7.80. The maximum absolute atomic E-state index is 13.0. The molecule has 1 aliphatic carbocycles. The Morgan fingerprint density at radius 3 is 2.58 bits per heavy atom. The molecule has 0 aromatic heterocycles. The van der Waals surface area contributed by atoms with Gasteiger partial charge in [0.05, 0.1) is 11.5 Å². The number of hydrogen-bond acceptors (Lipinski definition) is 4. The molecule has 0 aliphatic heterocycles. The van der Waals surface area contributed by atoms with E-state index in [-0.39, 0.29) is 29.0 Å². The Morgan fingerprint density at radius 2 is 1.96 bits per heavy atom. The third-order valence-electron chi connectivity index (χ3n) is 4.14. The first-order valence-electron chi connectivity index (χ1n) is 8.14. The molecule has 3 rings (SSSR count). The van der Waals surface area contributed by atoms with Gasteiger partial charge in [0.25, 0.3) is 5.69 Å². The molecule has 0 radical (unpaired) electrons. The number of benzene rings is 2. The topological polar surface area (TPSA) is 75.5 Å². The monoisotopic (exact) mass is 377 g/mol. The van der Waals surface area contributed by atoms with E-state index in [1.165, 1.54) is 30.3 Å². The first kappa shape index (κ1) is 18.3. The van der Waals surface area contributed by atoms with Gasteiger partial charge in [-0.15, -0.1) is 0 Å². The van der Waals surface area contributed by atoms with Gasteiger partial charge in [-0.25, -0.2) is 4.39 Å². The molecule has 6 nitrogen and oxygen atoms in total. The number of amides is 1. The summed E-state index contributed by atoms with van der Waals surface area (Å²) in [5.41, 5.74) is 0.992. The maximum Gasteiger partial charge on any atom is 0.289 e. The van der Waals surface area contributed by atoms with Crippen LogP contribution < -0.4 is 5.32 Å². The smallest absolute Gasteiger partial charge is 0.289 e. The number of nitro groups is 1. The van der Waals surface area contributed by atoms with Crippen LogP contribution >= 0.6 is 11.6 Å². The van der Waals surface area contributed by atoms with Gasteiger partial charge in [-0.1, -0.05) is 23.7 Å². The summed E-state index contributed by atoms with van der Waals surface area (Å²) >= 11 is 5.77. The number of nitro benzene ring substituents is 1. The third kappa shape index (κ3) is 4.77. The summed E-state index contributed by atoms with van der Waals surface area (Å²) in [6.45, 7) is 0.692. The van der Waals surface area contributed by atoms with Gasteiger partial charge in [-0.3, -0.25) is 19.8 Å². The number of anilines is 1. The Kier molecular flexibility index (Phi) is 5.49. The molecule has 2 aromatic rings. The van der Waals surface area contributed by atoms with Crippen molar-refractivity contribution in [3.8, 4) is 0 Å². The molecular weight excluding hydrogens is 361 g/mol. The number of halogens is 2. The molecule has 1 N–H and O–H groups in total. The number of rotatable bonds is 7. The van der Waals surface area contributed by atoms with E-state index < -0.39 is 4.92 Å². The highest BCUT2D eigenvalue weighted by atomic mass is 35.5. The van der Waals surface area contributed by atoms with E-state index in [0.717, 1.165) is 18.4 Å². The second-order valence-corrected chi connectivity index (χ2v) is 6.64. The molecule has 1 saturated carbocycles. The zero-order valence-electron chi connectivity index (χ0n) is 13.8. The van der Waals surface area contributed by atoms with Gasteiger partial charge in [0.1, 0.15) is 10.8 Å². The fraction of sp³-hybridized carbons (Fsp3) is 0.278. The lowest BCUT2D eigenvalue weighted by Crippen LogP contribution is -2.34. The van der Waals surface area contributed by atoms with Crippen molar-refractivity contribution in [1.82, 2.24) is 4.90 Å². The van der Waals surface area contributed by atoms with Crippen LogP contribution in [0.15, 0.2) is 42.5 Å². The van der Waals surface area contributed by atoms with Crippen LogP contribution in [0.3, 0.4) is 0 Å². The first-order valence-corrected chi connectivity index (χ1v) is 8.52. The molecule has 0 saturated heterocycles. The summed E-state index contributed by atoms with van der Waals surface area (Å²) in [4.78, 5) is 24.7. The Morgan fingerprint density at radius 1 is 1.27 bits per heavy atom. The van der Waals surface area contributed by atoms with Crippen molar-refractivity contribution in [1.29, 1.82) is 0 Å². The van der Waals surface area contributed by atoms with Crippen LogP contribution in [-0.2, 0) is 11.3 Å². The van der Waals surface area contributed by atoms with Crippen LogP contribution in [0.25, 0.3) is 0 Å². The minimum Gasteiger partial charge on any atom is -0.325 e. The molecule has 136 valence electrons. The van der Waals surface area contributed by atoms with E-state index in [1.807, 2.05) is 4.90 Å². The van der Waals surface area contributed by atoms with Crippen LogP contribution in [0.1, 0.15) is 18.4 Å². The van der Waals surface area contributed by atoms with Gasteiger partial charge in [0.2, 0.25) is 5.91 Å². The van der Waals surface area contributed by atoms with Crippen molar-refractivity contribution in [2.75, 3.05) is 11.9 Å². The molecule has 0 spiro atoms. The van der Waals surface area contributed by atoms with E-state index in [4.69, 9.17) is 11.6 Å². The molecule has 1 fully saturated rings. The van der Waals surface area contributed by atoms with E-state index in [9.17, 15) is 19.3 Å². The zero-order valence-corrected chi connectivity index (χ0v) is 14.6. The molecule has 26 heavy (non-hydrogen) atoms. The van der Waals surface area contributed by atoms with E-state index in [0.29, 0.717) is 18.3 Å². The molecular formula is C18H17ClFN3O3. The lowest BCUT2D eigenvalue weighted by molar-refractivity contribution is -0.384. The third-order valence-corrected chi connectivity index (χ3v) is 4.46. The number of carbonyl (C=O) groups excluding carboxylic acids is 1. The van der Waals surface area contributed by atoms with Crippen molar-refractivity contribution in [3.63, 3.8) is 0 Å². The molecule has 2 aromatic carbocycles. The SMILES string of the molecule is O=C(CN(Cc1ccc(F)cc1)C1CC1)Nc1ccc(Cl)c([N+](=O)[O-])c1. The number of nitrogens with zero attached hydrogens (tertiary/aromatic N) is 2. The van der Waals surface area contributed by atoms with Crippen LogP contribution in [0.5, 0.6) is 0 Å². The van der Waals surface area contributed by atoms with Crippen molar-refractivity contribution >= 4 is 28.9 Å². The van der Waals surface area contributed by atoms with Crippen LogP contribution in [0, 0.1) is 15.9 Å². The minimum atomic E-state index is -0.594. The molecule has 1 aliphatic rings. The Balaban J connectivity index is 1.64. The van der Waals surface area contributed by atoms with Crippen LogP contribution in [0.4, 0.5) is 15.8 Å². The summed E-state index contributed by atoms with van der Waals surface area (Å²) in [5.74, 6) is -0.565. The van der Waals surface area contributed by atoms with Crippen molar-refractivity contribution in [2.45, 2.75) is 25.4 Å². The molecule has 8 heteroatoms. The summed E-state index contributed by atoms with van der Waals surface area (Å²) in [6, 6.07) is 10.7. The van der Waals surface area contributed by atoms with Crippen LogP contribution in [0.2, 0.25) is 5.02 Å². The fourth-order valence-electron chi connectivity index (χ4n) is 2.69. The Hall–Kier alpha value is -2.51. The highest BCUT2D eigenvalue weighted by Crippen LogP contribution is 2.29. The minimum absolute atomic E-state index is 0.0175. The number of nitrogens with one attached hydrogen (secondary N) is 1. The fourth-order valence-corrected chi connectivity index (χ4v) is 2.88. The molecule has 0 bridgehead atoms. The van der Waals surface area contributed by atoms with Crippen molar-refractivity contribution < 1.29 is 14.1 Å². The van der Waals surface area contributed by atoms with Gasteiger partial charge < -0.3 is 5.32 Å². The summed E-state index contributed by atoms with van der Waals surface area (Å²) in [5, 5.41) is 13.6. The normalized spacial score (nSPS) is 13.7. The summed E-state index contributed by atoms with van der Waals surface area (Å²) in [6.07, 6.45) is 2.03. The van der Waals surface area contributed by atoms with Gasteiger partial charge in [-0.2, -0.15) is 0 Å². The maximum atomic E-state index is 13.0. The van der Waals surface area contributed by atoms with Crippen molar-refractivity contribution in [3.05, 3.63) is 69.0 Å².